The third-order valence-corrected chi connectivity index (χ3v) is 4.81. The summed E-state index contributed by atoms with van der Waals surface area (Å²) in [5.41, 5.74) is 2.99. The minimum Gasteiger partial charge on any atom is -0.444 e. The van der Waals surface area contributed by atoms with Crippen molar-refractivity contribution in [1.29, 1.82) is 0 Å². The van der Waals surface area contributed by atoms with E-state index in [2.05, 4.69) is 21.0 Å². The highest BCUT2D eigenvalue weighted by molar-refractivity contribution is 5.52. The molecule has 0 amide bonds. The lowest BCUT2D eigenvalue weighted by atomic mass is 9.94. The zero-order valence-electron chi connectivity index (χ0n) is 14.2. The Balaban J connectivity index is 1.44. The van der Waals surface area contributed by atoms with Crippen molar-refractivity contribution in [3.05, 3.63) is 60.0 Å². The molecule has 25 heavy (non-hydrogen) atoms. The predicted octanol–water partition coefficient (Wildman–Crippen LogP) is 3.59. The van der Waals surface area contributed by atoms with Gasteiger partial charge in [-0.2, -0.15) is 5.10 Å². The molecule has 1 fully saturated rings. The molecule has 0 N–H and O–H groups in total. The first-order valence-corrected chi connectivity index (χ1v) is 8.59. The van der Waals surface area contributed by atoms with Gasteiger partial charge in [-0.25, -0.2) is 9.37 Å². The summed E-state index contributed by atoms with van der Waals surface area (Å²) in [7, 11) is 2.00. The molecule has 1 aliphatic heterocycles. The van der Waals surface area contributed by atoms with E-state index in [1.165, 1.54) is 30.7 Å². The van der Waals surface area contributed by atoms with E-state index in [9.17, 15) is 4.39 Å². The van der Waals surface area contributed by atoms with E-state index >= 15 is 0 Å². The number of piperidine rings is 1. The topological polar surface area (TPSA) is 47.1 Å². The molecule has 1 saturated heterocycles. The number of benzene rings is 1. The van der Waals surface area contributed by atoms with Crippen LogP contribution in [0.2, 0.25) is 0 Å². The Morgan fingerprint density at radius 1 is 1.24 bits per heavy atom. The van der Waals surface area contributed by atoms with Gasteiger partial charge in [0.1, 0.15) is 12.1 Å². The summed E-state index contributed by atoms with van der Waals surface area (Å²) < 4.78 is 20.6. The number of likely N-dealkylation sites (tertiary alicyclic amines) is 1. The first-order chi connectivity index (χ1) is 12.2. The molecule has 1 aromatic carbocycles. The summed E-state index contributed by atoms with van der Waals surface area (Å²) in [5.74, 6) is 0.782. The maximum absolute atomic E-state index is 13.0. The van der Waals surface area contributed by atoms with Crippen molar-refractivity contribution in [2.24, 2.45) is 7.05 Å². The number of halogens is 1. The van der Waals surface area contributed by atoms with E-state index in [1.54, 1.807) is 18.4 Å². The third kappa shape index (κ3) is 3.49. The summed E-state index contributed by atoms with van der Waals surface area (Å²) in [6.07, 6.45) is 5.92. The summed E-state index contributed by atoms with van der Waals surface area (Å²) in [5, 5.41) is 4.29. The molecule has 4 rings (SSSR count). The highest BCUT2D eigenvalue weighted by Gasteiger charge is 2.24. The maximum atomic E-state index is 13.0. The van der Waals surface area contributed by atoms with Crippen LogP contribution in [0.5, 0.6) is 0 Å². The van der Waals surface area contributed by atoms with Crippen LogP contribution < -0.4 is 0 Å². The van der Waals surface area contributed by atoms with Crippen molar-refractivity contribution in [2.45, 2.75) is 25.3 Å². The van der Waals surface area contributed by atoms with E-state index in [4.69, 9.17) is 4.42 Å². The molecular formula is C19H21FN4O. The smallest absolute Gasteiger partial charge is 0.226 e. The lowest BCUT2D eigenvalue weighted by molar-refractivity contribution is 0.194. The van der Waals surface area contributed by atoms with Gasteiger partial charge in [0.25, 0.3) is 0 Å². The van der Waals surface area contributed by atoms with Crippen LogP contribution in [-0.2, 0) is 13.6 Å². The second-order valence-electron chi connectivity index (χ2n) is 6.60. The van der Waals surface area contributed by atoms with Crippen LogP contribution >= 0.6 is 0 Å². The number of oxazole rings is 1. The number of rotatable bonds is 4. The van der Waals surface area contributed by atoms with Gasteiger partial charge in [0.15, 0.2) is 0 Å². The molecule has 6 heteroatoms. The van der Waals surface area contributed by atoms with Crippen molar-refractivity contribution in [1.82, 2.24) is 19.7 Å². The zero-order valence-corrected chi connectivity index (χ0v) is 14.2. The molecule has 0 bridgehead atoms. The second kappa shape index (κ2) is 6.80. The van der Waals surface area contributed by atoms with Gasteiger partial charge in [-0.1, -0.05) is 0 Å². The van der Waals surface area contributed by atoms with E-state index < -0.39 is 0 Å². The Hall–Kier alpha value is -2.47. The number of aryl methyl sites for hydroxylation is 1. The molecule has 1 atom stereocenters. The van der Waals surface area contributed by atoms with Crippen molar-refractivity contribution in [3.63, 3.8) is 0 Å². The van der Waals surface area contributed by atoms with Gasteiger partial charge in [-0.3, -0.25) is 9.58 Å². The summed E-state index contributed by atoms with van der Waals surface area (Å²) in [6.45, 7) is 2.82. The molecular weight excluding hydrogens is 319 g/mol. The Bertz CT molecular complexity index is 839. The van der Waals surface area contributed by atoms with Crippen molar-refractivity contribution < 1.29 is 8.81 Å². The van der Waals surface area contributed by atoms with Gasteiger partial charge in [-0.05, 0) is 49.7 Å². The normalized spacial score (nSPS) is 18.6. The van der Waals surface area contributed by atoms with Crippen LogP contribution in [0.3, 0.4) is 0 Å². The highest BCUT2D eigenvalue weighted by atomic mass is 19.1. The fourth-order valence-corrected chi connectivity index (χ4v) is 3.56. The van der Waals surface area contributed by atoms with Gasteiger partial charge in [0.05, 0.1) is 5.69 Å². The fraction of sp³-hybridized carbons (Fsp3) is 0.368. The lowest BCUT2D eigenvalue weighted by Crippen LogP contribution is -2.34. The average Bonchev–Trinajstić information content (AvgIpc) is 3.25. The van der Waals surface area contributed by atoms with E-state index in [0.717, 1.165) is 30.9 Å². The van der Waals surface area contributed by atoms with Crippen molar-refractivity contribution in [3.8, 4) is 11.5 Å². The predicted molar refractivity (Wildman–Crippen MR) is 92.4 cm³/mol. The first kappa shape index (κ1) is 16.0. The van der Waals surface area contributed by atoms with Gasteiger partial charge >= 0.3 is 0 Å². The number of hydrogen-bond acceptors (Lipinski definition) is 4. The number of hydrogen-bond donors (Lipinski definition) is 0. The SMILES string of the molecule is Cn1nccc1[C@H]1CCCN(Cc2coc(-c3ccc(F)cc3)n2)C1. The monoisotopic (exact) mass is 340 g/mol. The Kier molecular flexibility index (Phi) is 4.36. The lowest BCUT2D eigenvalue weighted by Gasteiger charge is -2.32. The molecule has 130 valence electrons. The molecule has 0 spiro atoms. The zero-order chi connectivity index (χ0) is 17.2. The van der Waals surface area contributed by atoms with Crippen LogP contribution in [-0.4, -0.2) is 32.8 Å². The number of aromatic nitrogens is 3. The van der Waals surface area contributed by atoms with Crippen molar-refractivity contribution >= 4 is 0 Å². The number of nitrogens with zero attached hydrogens (tertiary/aromatic N) is 4. The Morgan fingerprint density at radius 3 is 2.84 bits per heavy atom. The van der Waals surface area contributed by atoms with E-state index in [0.29, 0.717) is 11.8 Å². The molecule has 1 aliphatic rings. The highest BCUT2D eigenvalue weighted by Crippen LogP contribution is 2.27. The van der Waals surface area contributed by atoms with E-state index in [1.807, 2.05) is 17.9 Å². The molecule has 0 radical (unpaired) electrons. The van der Waals surface area contributed by atoms with Crippen LogP contribution in [0.4, 0.5) is 4.39 Å². The van der Waals surface area contributed by atoms with Gasteiger partial charge < -0.3 is 4.42 Å². The van der Waals surface area contributed by atoms with Gasteiger partial charge in [0.2, 0.25) is 5.89 Å². The molecule has 3 aromatic rings. The minimum atomic E-state index is -0.259. The van der Waals surface area contributed by atoms with Crippen LogP contribution in [0, 0.1) is 5.82 Å². The minimum absolute atomic E-state index is 0.259. The molecule has 0 unspecified atom stereocenters. The Morgan fingerprint density at radius 2 is 2.08 bits per heavy atom. The van der Waals surface area contributed by atoms with Crippen LogP contribution in [0.15, 0.2) is 47.2 Å². The summed E-state index contributed by atoms with van der Waals surface area (Å²) >= 11 is 0. The molecule has 3 heterocycles. The second-order valence-corrected chi connectivity index (χ2v) is 6.60. The maximum Gasteiger partial charge on any atom is 0.226 e. The summed E-state index contributed by atoms with van der Waals surface area (Å²) in [6, 6.07) is 8.32. The quantitative estimate of drug-likeness (QED) is 0.728. The molecule has 0 saturated carbocycles. The molecule has 2 aromatic heterocycles. The van der Waals surface area contributed by atoms with Crippen LogP contribution in [0.25, 0.3) is 11.5 Å². The molecule has 5 nitrogen and oxygen atoms in total. The first-order valence-electron chi connectivity index (χ1n) is 8.59. The third-order valence-electron chi connectivity index (χ3n) is 4.81. The fourth-order valence-electron chi connectivity index (χ4n) is 3.56. The van der Waals surface area contributed by atoms with E-state index in [-0.39, 0.29) is 5.82 Å². The average molecular weight is 340 g/mol. The Labute approximate surface area is 146 Å². The van der Waals surface area contributed by atoms with Crippen molar-refractivity contribution in [2.75, 3.05) is 13.1 Å². The standard InChI is InChI=1S/C19H21FN4O/c1-23-18(8-9-21-23)15-3-2-10-24(11-15)12-17-13-25-19(22-17)14-4-6-16(20)7-5-14/h4-9,13,15H,2-3,10-12H2,1H3/t15-/m0/s1. The summed E-state index contributed by atoms with van der Waals surface area (Å²) in [4.78, 5) is 6.97. The van der Waals surface area contributed by atoms with Gasteiger partial charge in [-0.15, -0.1) is 0 Å². The molecule has 0 aliphatic carbocycles. The van der Waals surface area contributed by atoms with Gasteiger partial charge in [0, 0.05) is 43.5 Å². The largest absolute Gasteiger partial charge is 0.444 e. The van der Waals surface area contributed by atoms with Crippen LogP contribution in [0.1, 0.15) is 30.1 Å².